The van der Waals surface area contributed by atoms with Gasteiger partial charge in [-0.3, -0.25) is 9.59 Å². The molecular weight excluding hydrogens is 373 g/mol. The molecule has 9 heteroatoms. The summed E-state index contributed by atoms with van der Waals surface area (Å²) < 4.78 is 37.0. The minimum Gasteiger partial charge on any atom is -0.343 e. The second-order valence-corrected chi connectivity index (χ2v) is 6.37. The number of rotatable bonds is 5. The Morgan fingerprint density at radius 1 is 1.00 bits per heavy atom. The third-order valence-electron chi connectivity index (χ3n) is 4.30. The molecule has 2 atom stereocenters. The molecule has 6 nitrogen and oxygen atoms in total. The van der Waals surface area contributed by atoms with Gasteiger partial charge in [-0.2, -0.15) is 13.2 Å². The fourth-order valence-corrected chi connectivity index (χ4v) is 2.92. The van der Waals surface area contributed by atoms with E-state index in [1.807, 2.05) is 35.6 Å². The lowest BCUT2D eigenvalue weighted by atomic mass is 10.0. The van der Waals surface area contributed by atoms with Crippen LogP contribution in [0.4, 0.5) is 18.9 Å². The number of hydrogen-bond acceptors (Lipinski definition) is 4. The number of nitrogens with one attached hydrogen (secondary N) is 4. The first-order valence-corrected chi connectivity index (χ1v) is 8.64. The van der Waals surface area contributed by atoms with Crippen LogP contribution < -0.4 is 21.5 Å². The van der Waals surface area contributed by atoms with Crippen LogP contribution in [0.15, 0.2) is 54.6 Å². The number of halogens is 3. The lowest BCUT2D eigenvalue weighted by molar-refractivity contribution is -0.123. The van der Waals surface area contributed by atoms with Crippen molar-refractivity contribution in [3.63, 3.8) is 0 Å². The quantitative estimate of drug-likeness (QED) is 0.630. The van der Waals surface area contributed by atoms with E-state index >= 15 is 0 Å². The minimum absolute atomic E-state index is 0.0364. The van der Waals surface area contributed by atoms with Gasteiger partial charge in [0.1, 0.15) is 12.6 Å². The van der Waals surface area contributed by atoms with E-state index in [4.69, 9.17) is 0 Å². The maximum absolute atomic E-state index is 12.6. The van der Waals surface area contributed by atoms with Crippen LogP contribution in [0.1, 0.15) is 28.4 Å². The number of hydrogen-bond donors (Lipinski definition) is 4. The molecule has 0 saturated carbocycles. The third kappa shape index (κ3) is 5.08. The van der Waals surface area contributed by atoms with Crippen molar-refractivity contribution >= 4 is 17.5 Å². The molecule has 1 aliphatic rings. The van der Waals surface area contributed by atoms with Crippen molar-refractivity contribution in [1.29, 1.82) is 0 Å². The lowest BCUT2D eigenvalue weighted by Crippen LogP contribution is -2.40. The van der Waals surface area contributed by atoms with E-state index in [2.05, 4.69) is 16.2 Å². The van der Waals surface area contributed by atoms with Crippen LogP contribution in [-0.4, -0.2) is 30.6 Å². The molecule has 148 valence electrons. The van der Waals surface area contributed by atoms with Gasteiger partial charge in [-0.15, -0.1) is 0 Å². The molecule has 2 aromatic rings. The van der Waals surface area contributed by atoms with Gasteiger partial charge in [-0.25, -0.2) is 10.9 Å². The SMILES string of the molecule is O=C(NCC(F)(F)F)c1ccccc1NC(=O)C1CC(c2ccccc2)NN1. The first-order valence-electron chi connectivity index (χ1n) is 8.64. The predicted octanol–water partition coefficient (Wildman–Crippen LogP) is 2.52. The van der Waals surface area contributed by atoms with Crippen LogP contribution in [0.5, 0.6) is 0 Å². The van der Waals surface area contributed by atoms with Gasteiger partial charge in [0.2, 0.25) is 5.91 Å². The minimum atomic E-state index is -4.51. The van der Waals surface area contributed by atoms with Crippen LogP contribution in [0.25, 0.3) is 0 Å². The highest BCUT2D eigenvalue weighted by atomic mass is 19.4. The molecule has 2 aromatic carbocycles. The highest BCUT2D eigenvalue weighted by Gasteiger charge is 2.31. The van der Waals surface area contributed by atoms with E-state index in [9.17, 15) is 22.8 Å². The van der Waals surface area contributed by atoms with Gasteiger partial charge in [0, 0.05) is 6.04 Å². The van der Waals surface area contributed by atoms with E-state index in [0.717, 1.165) is 5.56 Å². The van der Waals surface area contributed by atoms with Crippen molar-refractivity contribution in [2.75, 3.05) is 11.9 Å². The maximum Gasteiger partial charge on any atom is 0.405 e. The number of hydrazine groups is 1. The number of carbonyl (C=O) groups excluding carboxylic acids is 2. The Morgan fingerprint density at radius 2 is 1.68 bits per heavy atom. The molecule has 4 N–H and O–H groups in total. The Hall–Kier alpha value is -2.91. The molecule has 1 saturated heterocycles. The summed E-state index contributed by atoms with van der Waals surface area (Å²) >= 11 is 0. The van der Waals surface area contributed by atoms with E-state index in [0.29, 0.717) is 6.42 Å². The lowest BCUT2D eigenvalue weighted by Gasteiger charge is -2.14. The van der Waals surface area contributed by atoms with Crippen LogP contribution in [0, 0.1) is 0 Å². The number of alkyl halides is 3. The average molecular weight is 392 g/mol. The Labute approximate surface area is 159 Å². The van der Waals surface area contributed by atoms with Gasteiger partial charge in [-0.05, 0) is 24.1 Å². The largest absolute Gasteiger partial charge is 0.405 e. The molecule has 0 spiro atoms. The van der Waals surface area contributed by atoms with Gasteiger partial charge in [0.15, 0.2) is 0 Å². The summed E-state index contributed by atoms with van der Waals surface area (Å²) in [7, 11) is 0. The first kappa shape index (κ1) is 19.8. The van der Waals surface area contributed by atoms with Crippen molar-refractivity contribution in [2.45, 2.75) is 24.7 Å². The van der Waals surface area contributed by atoms with Crippen LogP contribution >= 0.6 is 0 Å². The second kappa shape index (κ2) is 8.41. The molecule has 0 bridgehead atoms. The Bertz CT molecular complexity index is 843. The molecule has 1 heterocycles. The normalized spacial score (nSPS) is 19.2. The van der Waals surface area contributed by atoms with Crippen molar-refractivity contribution in [3.05, 3.63) is 65.7 Å². The van der Waals surface area contributed by atoms with Crippen LogP contribution in [-0.2, 0) is 4.79 Å². The molecule has 3 rings (SSSR count). The van der Waals surface area contributed by atoms with Crippen molar-refractivity contribution in [2.24, 2.45) is 0 Å². The van der Waals surface area contributed by atoms with Gasteiger partial charge >= 0.3 is 6.18 Å². The predicted molar refractivity (Wildman–Crippen MR) is 97.3 cm³/mol. The highest BCUT2D eigenvalue weighted by Crippen LogP contribution is 2.23. The standard InChI is InChI=1S/C19H19F3N4O2/c20-19(21,22)11-23-17(27)13-8-4-5-9-14(13)24-18(28)16-10-15(25-26-16)12-6-2-1-3-7-12/h1-9,15-16,25-26H,10-11H2,(H,23,27)(H,24,28). The molecular formula is C19H19F3N4O2. The number of amides is 2. The summed E-state index contributed by atoms with van der Waals surface area (Å²) in [5.41, 5.74) is 7.10. The fourth-order valence-electron chi connectivity index (χ4n) is 2.92. The number of benzene rings is 2. The average Bonchev–Trinajstić information content (AvgIpc) is 3.17. The smallest absolute Gasteiger partial charge is 0.343 e. The summed E-state index contributed by atoms with van der Waals surface area (Å²) in [4.78, 5) is 24.6. The van der Waals surface area contributed by atoms with E-state index in [1.54, 1.807) is 6.07 Å². The maximum atomic E-state index is 12.6. The Balaban J connectivity index is 1.64. The molecule has 0 aliphatic carbocycles. The Kier molecular flexibility index (Phi) is 5.96. The van der Waals surface area contributed by atoms with Crippen LogP contribution in [0.2, 0.25) is 0 Å². The molecule has 2 amide bonds. The zero-order valence-electron chi connectivity index (χ0n) is 14.7. The second-order valence-electron chi connectivity index (χ2n) is 6.37. The first-order chi connectivity index (χ1) is 13.3. The van der Waals surface area contributed by atoms with E-state index < -0.39 is 24.7 Å². The summed E-state index contributed by atoms with van der Waals surface area (Å²) in [6, 6.07) is 14.9. The number of anilines is 1. The topological polar surface area (TPSA) is 82.3 Å². The van der Waals surface area contributed by atoms with E-state index in [-0.39, 0.29) is 23.2 Å². The van der Waals surface area contributed by atoms with Crippen molar-refractivity contribution < 1.29 is 22.8 Å². The monoisotopic (exact) mass is 392 g/mol. The van der Waals surface area contributed by atoms with E-state index in [1.165, 1.54) is 18.2 Å². The van der Waals surface area contributed by atoms with Gasteiger partial charge in [0.25, 0.3) is 5.91 Å². The zero-order valence-corrected chi connectivity index (χ0v) is 14.7. The summed E-state index contributed by atoms with van der Waals surface area (Å²) in [6.45, 7) is -1.44. The zero-order chi connectivity index (χ0) is 20.1. The molecule has 0 aromatic heterocycles. The molecule has 28 heavy (non-hydrogen) atoms. The number of para-hydroxylation sites is 1. The highest BCUT2D eigenvalue weighted by molar-refractivity contribution is 6.04. The van der Waals surface area contributed by atoms with Gasteiger partial charge < -0.3 is 10.6 Å². The van der Waals surface area contributed by atoms with Crippen LogP contribution in [0.3, 0.4) is 0 Å². The third-order valence-corrected chi connectivity index (χ3v) is 4.30. The molecule has 2 unspecified atom stereocenters. The number of carbonyl (C=O) groups is 2. The summed E-state index contributed by atoms with van der Waals surface area (Å²) in [5, 5.41) is 4.43. The van der Waals surface area contributed by atoms with Crippen molar-refractivity contribution in [1.82, 2.24) is 16.2 Å². The van der Waals surface area contributed by atoms with Gasteiger partial charge in [-0.1, -0.05) is 42.5 Å². The fraction of sp³-hybridized carbons (Fsp3) is 0.263. The molecule has 1 aliphatic heterocycles. The summed E-state index contributed by atoms with van der Waals surface area (Å²) in [5.74, 6) is -1.30. The Morgan fingerprint density at radius 3 is 2.39 bits per heavy atom. The molecule has 1 fully saturated rings. The van der Waals surface area contributed by atoms with Crippen molar-refractivity contribution in [3.8, 4) is 0 Å². The summed E-state index contributed by atoms with van der Waals surface area (Å²) in [6.07, 6.45) is -4.03. The van der Waals surface area contributed by atoms with Gasteiger partial charge in [0.05, 0.1) is 11.3 Å². The molecule has 0 radical (unpaired) electrons.